The predicted molar refractivity (Wildman–Crippen MR) is 85.9 cm³/mol. The molecule has 0 unspecified atom stereocenters. The molecule has 3 aliphatic rings. The van der Waals surface area contributed by atoms with Gasteiger partial charge in [-0.15, -0.1) is 0 Å². The molecule has 0 radical (unpaired) electrons. The fraction of sp³-hybridized carbons (Fsp3) is 0.611. The number of benzene rings is 1. The number of piperidine rings is 1. The quantitative estimate of drug-likeness (QED) is 0.856. The molecule has 130 valence electrons. The fourth-order valence-corrected chi connectivity index (χ4v) is 4.51. The van der Waals surface area contributed by atoms with E-state index in [0.29, 0.717) is 18.7 Å². The van der Waals surface area contributed by atoms with Crippen LogP contribution in [0.15, 0.2) is 18.2 Å². The van der Waals surface area contributed by atoms with Gasteiger partial charge in [-0.1, -0.05) is 18.9 Å². The largest absolute Gasteiger partial charge is 0.454 e. The molecule has 1 saturated heterocycles. The Hall–Kier alpha value is -1.95. The van der Waals surface area contributed by atoms with Gasteiger partial charge in [-0.2, -0.15) is 0 Å². The number of carbonyl (C=O) groups is 1. The number of methoxy groups -OCH3 is 1. The number of hydrogen-bond acceptors (Lipinski definition) is 5. The molecule has 6 nitrogen and oxygen atoms in total. The number of amides is 1. The second kappa shape index (κ2) is 5.84. The average molecular weight is 333 g/mol. The van der Waals surface area contributed by atoms with Crippen molar-refractivity contribution in [1.29, 1.82) is 0 Å². The summed E-state index contributed by atoms with van der Waals surface area (Å²) in [5, 5.41) is 11.2. The van der Waals surface area contributed by atoms with Crippen LogP contribution in [-0.2, 0) is 4.74 Å². The molecule has 1 aromatic rings. The first kappa shape index (κ1) is 15.6. The SMILES string of the molecule is COC(=O)N1CC[C@]2(O)CCCC[C@@H]2[C@@H]1c1ccc2c(c1)OCO2. The minimum absolute atomic E-state index is 0.0134. The highest BCUT2D eigenvalue weighted by molar-refractivity contribution is 5.68. The zero-order valence-corrected chi connectivity index (χ0v) is 13.9. The maximum atomic E-state index is 12.3. The van der Waals surface area contributed by atoms with Crippen molar-refractivity contribution in [2.75, 3.05) is 20.4 Å². The van der Waals surface area contributed by atoms with E-state index in [-0.39, 0.29) is 24.8 Å². The summed E-state index contributed by atoms with van der Waals surface area (Å²) in [6.07, 6.45) is 4.08. The first-order valence-corrected chi connectivity index (χ1v) is 8.59. The minimum atomic E-state index is -0.705. The van der Waals surface area contributed by atoms with E-state index in [4.69, 9.17) is 14.2 Å². The summed E-state index contributed by atoms with van der Waals surface area (Å²) in [6, 6.07) is 5.58. The van der Waals surface area contributed by atoms with Crippen LogP contribution in [0, 0.1) is 5.92 Å². The van der Waals surface area contributed by atoms with Crippen LogP contribution >= 0.6 is 0 Å². The lowest BCUT2D eigenvalue weighted by Crippen LogP contribution is -2.56. The molecule has 1 aliphatic carbocycles. The second-order valence-electron chi connectivity index (χ2n) is 6.93. The van der Waals surface area contributed by atoms with Gasteiger partial charge in [-0.25, -0.2) is 4.79 Å². The number of fused-ring (bicyclic) bond motifs is 2. The first-order chi connectivity index (χ1) is 11.6. The summed E-state index contributed by atoms with van der Waals surface area (Å²) in [6.45, 7) is 0.719. The van der Waals surface area contributed by atoms with Crippen molar-refractivity contribution in [3.8, 4) is 11.5 Å². The van der Waals surface area contributed by atoms with Crippen molar-refractivity contribution in [3.05, 3.63) is 23.8 Å². The molecule has 2 fully saturated rings. The number of hydrogen-bond donors (Lipinski definition) is 1. The smallest absolute Gasteiger partial charge is 0.410 e. The molecule has 1 N–H and O–H groups in total. The van der Waals surface area contributed by atoms with Gasteiger partial charge in [0.05, 0.1) is 18.8 Å². The summed E-state index contributed by atoms with van der Waals surface area (Å²) >= 11 is 0. The van der Waals surface area contributed by atoms with Crippen LogP contribution in [0.5, 0.6) is 11.5 Å². The fourth-order valence-electron chi connectivity index (χ4n) is 4.51. The minimum Gasteiger partial charge on any atom is -0.454 e. The van der Waals surface area contributed by atoms with Crippen molar-refractivity contribution in [3.63, 3.8) is 0 Å². The van der Waals surface area contributed by atoms with Gasteiger partial charge in [-0.3, -0.25) is 0 Å². The van der Waals surface area contributed by atoms with Crippen molar-refractivity contribution in [2.24, 2.45) is 5.92 Å². The van der Waals surface area contributed by atoms with Crippen LogP contribution in [0.25, 0.3) is 0 Å². The van der Waals surface area contributed by atoms with E-state index in [9.17, 15) is 9.90 Å². The zero-order chi connectivity index (χ0) is 16.7. The Morgan fingerprint density at radius 3 is 2.96 bits per heavy atom. The monoisotopic (exact) mass is 333 g/mol. The van der Waals surface area contributed by atoms with E-state index in [1.54, 1.807) is 4.90 Å². The van der Waals surface area contributed by atoms with Gasteiger partial charge in [0.1, 0.15) is 0 Å². The van der Waals surface area contributed by atoms with E-state index in [1.807, 2.05) is 18.2 Å². The Bertz CT molecular complexity index is 648. The van der Waals surface area contributed by atoms with Gasteiger partial charge in [0, 0.05) is 12.5 Å². The number of carbonyl (C=O) groups excluding carboxylic acids is 1. The number of ether oxygens (including phenoxy) is 3. The van der Waals surface area contributed by atoms with Gasteiger partial charge >= 0.3 is 6.09 Å². The summed E-state index contributed by atoms with van der Waals surface area (Å²) in [5.41, 5.74) is 0.263. The summed E-state index contributed by atoms with van der Waals surface area (Å²) in [4.78, 5) is 14.1. The standard InChI is InChI=1S/C18H23NO5/c1-22-17(20)19-9-8-18(21)7-3-2-4-13(18)16(19)12-5-6-14-15(10-12)24-11-23-14/h5-6,10,13,16,21H,2-4,7-9,11H2,1H3/t13-,16+,18-/m1/s1. The average Bonchev–Trinajstić information content (AvgIpc) is 3.07. The highest BCUT2D eigenvalue weighted by Gasteiger charge is 2.50. The Morgan fingerprint density at radius 1 is 1.29 bits per heavy atom. The van der Waals surface area contributed by atoms with Gasteiger partial charge in [0.15, 0.2) is 11.5 Å². The molecule has 3 atom stereocenters. The molecular weight excluding hydrogens is 310 g/mol. The lowest BCUT2D eigenvalue weighted by molar-refractivity contribution is -0.117. The van der Waals surface area contributed by atoms with Crippen LogP contribution in [0.1, 0.15) is 43.7 Å². The molecule has 2 heterocycles. The van der Waals surface area contributed by atoms with Crippen molar-refractivity contribution < 1.29 is 24.1 Å². The Morgan fingerprint density at radius 2 is 2.12 bits per heavy atom. The maximum absolute atomic E-state index is 12.3. The number of nitrogens with zero attached hydrogens (tertiary/aromatic N) is 1. The lowest BCUT2D eigenvalue weighted by Gasteiger charge is -2.52. The first-order valence-electron chi connectivity index (χ1n) is 8.59. The van der Waals surface area contributed by atoms with Crippen molar-refractivity contribution in [2.45, 2.75) is 43.7 Å². The Kier molecular flexibility index (Phi) is 3.79. The number of rotatable bonds is 1. The summed E-state index contributed by atoms with van der Waals surface area (Å²) in [5.74, 6) is 1.43. The highest BCUT2D eigenvalue weighted by Crippen LogP contribution is 2.50. The van der Waals surface area contributed by atoms with E-state index >= 15 is 0 Å². The van der Waals surface area contributed by atoms with Crippen LogP contribution in [-0.4, -0.2) is 42.1 Å². The third-order valence-electron chi connectivity index (χ3n) is 5.71. The molecule has 4 rings (SSSR count). The van der Waals surface area contributed by atoms with Gasteiger partial charge in [0.25, 0.3) is 0 Å². The van der Waals surface area contributed by atoms with Crippen LogP contribution in [0.2, 0.25) is 0 Å². The molecule has 1 amide bonds. The molecule has 2 aliphatic heterocycles. The predicted octanol–water partition coefficient (Wildman–Crippen LogP) is 2.85. The topological polar surface area (TPSA) is 68.2 Å². The summed E-state index contributed by atoms with van der Waals surface area (Å²) in [7, 11) is 1.40. The van der Waals surface area contributed by atoms with Crippen LogP contribution < -0.4 is 9.47 Å². The lowest BCUT2D eigenvalue weighted by atomic mass is 9.66. The normalized spacial score (nSPS) is 31.5. The molecular formula is C18H23NO5. The molecule has 0 bridgehead atoms. The third kappa shape index (κ3) is 2.40. The van der Waals surface area contributed by atoms with Gasteiger partial charge in [0.2, 0.25) is 6.79 Å². The van der Waals surface area contributed by atoms with E-state index in [2.05, 4.69) is 0 Å². The third-order valence-corrected chi connectivity index (χ3v) is 5.71. The van der Waals surface area contributed by atoms with Gasteiger partial charge < -0.3 is 24.2 Å². The Labute approximate surface area is 141 Å². The van der Waals surface area contributed by atoms with E-state index in [0.717, 1.165) is 37.0 Å². The highest BCUT2D eigenvalue weighted by atomic mass is 16.7. The van der Waals surface area contributed by atoms with E-state index in [1.165, 1.54) is 7.11 Å². The number of aliphatic hydroxyl groups is 1. The van der Waals surface area contributed by atoms with E-state index < -0.39 is 5.60 Å². The van der Waals surface area contributed by atoms with Crippen LogP contribution in [0.3, 0.4) is 0 Å². The molecule has 1 saturated carbocycles. The molecule has 1 aromatic carbocycles. The molecule has 0 spiro atoms. The second-order valence-corrected chi connectivity index (χ2v) is 6.93. The summed E-state index contributed by atoms with van der Waals surface area (Å²) < 4.78 is 15.9. The molecule has 6 heteroatoms. The van der Waals surface area contributed by atoms with Crippen molar-refractivity contribution >= 4 is 6.09 Å². The number of likely N-dealkylation sites (tertiary alicyclic amines) is 1. The molecule has 24 heavy (non-hydrogen) atoms. The maximum Gasteiger partial charge on any atom is 0.410 e. The molecule has 0 aromatic heterocycles. The Balaban J connectivity index is 1.74. The van der Waals surface area contributed by atoms with Crippen LogP contribution in [0.4, 0.5) is 4.79 Å². The zero-order valence-electron chi connectivity index (χ0n) is 13.9. The van der Waals surface area contributed by atoms with Crippen molar-refractivity contribution in [1.82, 2.24) is 4.90 Å². The van der Waals surface area contributed by atoms with Gasteiger partial charge in [-0.05, 0) is 37.0 Å².